The first-order chi connectivity index (χ1) is 23.0. The summed E-state index contributed by atoms with van der Waals surface area (Å²) in [6.07, 6.45) is 12.5. The van der Waals surface area contributed by atoms with Gasteiger partial charge in [0.25, 0.3) is 0 Å². The maximum atomic E-state index is 6.83. The van der Waals surface area contributed by atoms with Crippen LogP contribution >= 0.6 is 0 Å². The highest BCUT2D eigenvalue weighted by molar-refractivity contribution is 6.43. The van der Waals surface area contributed by atoms with E-state index < -0.39 is 0 Å². The number of hydrogen-bond acceptors (Lipinski definition) is 1. The van der Waals surface area contributed by atoms with Crippen LogP contribution in [0.1, 0.15) is 26.3 Å². The second kappa shape index (κ2) is 12.7. The van der Waals surface area contributed by atoms with Gasteiger partial charge in [0.15, 0.2) is 0 Å². The van der Waals surface area contributed by atoms with Gasteiger partial charge in [0.05, 0.1) is 0 Å². The summed E-state index contributed by atoms with van der Waals surface area (Å²) in [4.78, 5) is 0. The van der Waals surface area contributed by atoms with Crippen LogP contribution in [0.5, 0.6) is 0 Å². The molecule has 7 aromatic rings. The number of hydrogen-bond donors (Lipinski definition) is 0. The third-order valence-electron chi connectivity index (χ3n) is 9.32. The molecule has 6 aromatic carbocycles. The molecule has 0 fully saturated rings. The van der Waals surface area contributed by atoms with Crippen molar-refractivity contribution in [2.75, 3.05) is 0 Å². The zero-order chi connectivity index (χ0) is 32.5. The summed E-state index contributed by atoms with van der Waals surface area (Å²) < 4.78 is 6.83. The molecule has 0 unspecified atom stereocenters. The molecule has 0 amide bonds. The van der Waals surface area contributed by atoms with E-state index in [9.17, 15) is 0 Å². The summed E-state index contributed by atoms with van der Waals surface area (Å²) in [6, 6.07) is 39.1. The fraction of sp³-hybridized carbons (Fsp3) is 0.0667. The summed E-state index contributed by atoms with van der Waals surface area (Å²) in [5.74, 6) is 0. The zero-order valence-corrected chi connectivity index (χ0v) is 27.5. The number of furan rings is 1. The van der Waals surface area contributed by atoms with Crippen LogP contribution in [-0.2, 0) is 0 Å². The van der Waals surface area contributed by atoms with E-state index in [1.165, 1.54) is 54.8 Å². The first-order valence-electron chi connectivity index (χ1n) is 16.3. The van der Waals surface area contributed by atoms with Gasteiger partial charge < -0.3 is 4.42 Å². The molecule has 47 heavy (non-hydrogen) atoms. The number of fused-ring (bicyclic) bond motifs is 5. The molecule has 1 aromatic heterocycles. The first kappa shape index (κ1) is 30.1. The summed E-state index contributed by atoms with van der Waals surface area (Å²) in [7, 11) is 2.22. The minimum Gasteiger partial charge on any atom is -0.455 e. The summed E-state index contributed by atoms with van der Waals surface area (Å²) in [6.45, 7) is 10.5. The number of benzene rings is 6. The molecule has 226 valence electrons. The Hall–Kier alpha value is -5.60. The highest BCUT2D eigenvalue weighted by Crippen LogP contribution is 2.46. The summed E-state index contributed by atoms with van der Waals surface area (Å²) in [5, 5.41) is 7.16. The normalized spacial score (nSPS) is 13.0. The van der Waals surface area contributed by atoms with Crippen molar-refractivity contribution in [3.8, 4) is 22.3 Å². The van der Waals surface area contributed by atoms with Crippen LogP contribution in [0.15, 0.2) is 168 Å². The first-order valence-corrected chi connectivity index (χ1v) is 16.3. The van der Waals surface area contributed by atoms with E-state index in [0.717, 1.165) is 38.6 Å². The largest absolute Gasteiger partial charge is 0.455 e. The molecule has 7 rings (SSSR count). The van der Waals surface area contributed by atoms with Crippen LogP contribution in [0.3, 0.4) is 0 Å². The smallest absolute Gasteiger partial charge is 0.143 e. The molecule has 1 nitrogen and oxygen atoms in total. The van der Waals surface area contributed by atoms with E-state index in [2.05, 4.69) is 162 Å². The van der Waals surface area contributed by atoms with Gasteiger partial charge in [-0.1, -0.05) is 152 Å². The lowest BCUT2D eigenvalue weighted by Gasteiger charge is -2.19. The van der Waals surface area contributed by atoms with Gasteiger partial charge in [-0.2, -0.15) is 0 Å². The topological polar surface area (TPSA) is 13.1 Å². The van der Waals surface area contributed by atoms with Gasteiger partial charge in [0.2, 0.25) is 0 Å². The SMILES string of the molecule is Bc1cccc2c(-c3cccc4c3oc3cccc(/C(C=C)=C/C=C(C)/C(C)=C/C=C\C)c34)c3ccccc3c(-c3ccccc3)c12. The highest BCUT2D eigenvalue weighted by Gasteiger charge is 2.21. The van der Waals surface area contributed by atoms with Crippen molar-refractivity contribution in [1.82, 2.24) is 0 Å². The lowest BCUT2D eigenvalue weighted by atomic mass is 9.80. The monoisotopic (exact) mass is 604 g/mol. The Balaban J connectivity index is 1.52. The average Bonchev–Trinajstić information content (AvgIpc) is 3.50. The van der Waals surface area contributed by atoms with Gasteiger partial charge in [0.1, 0.15) is 19.0 Å². The van der Waals surface area contributed by atoms with E-state index >= 15 is 0 Å². The molecule has 0 aliphatic heterocycles. The Morgan fingerprint density at radius 2 is 1.30 bits per heavy atom. The van der Waals surface area contributed by atoms with Crippen LogP contribution in [0.25, 0.3) is 71.3 Å². The Bertz CT molecular complexity index is 2450. The predicted molar refractivity (Wildman–Crippen MR) is 208 cm³/mol. The fourth-order valence-corrected chi connectivity index (χ4v) is 6.87. The van der Waals surface area contributed by atoms with Crippen molar-refractivity contribution >= 4 is 62.4 Å². The van der Waals surface area contributed by atoms with Gasteiger partial charge in [-0.25, -0.2) is 0 Å². The molecule has 0 radical (unpaired) electrons. The highest BCUT2D eigenvalue weighted by atomic mass is 16.3. The Labute approximate surface area is 278 Å². The molecule has 0 N–H and O–H groups in total. The summed E-state index contributed by atoms with van der Waals surface area (Å²) >= 11 is 0. The molecule has 0 bridgehead atoms. The second-order valence-corrected chi connectivity index (χ2v) is 12.2. The third-order valence-corrected chi connectivity index (χ3v) is 9.32. The van der Waals surface area contributed by atoms with E-state index in [1.54, 1.807) is 0 Å². The molecule has 1 heterocycles. The molecule has 0 aliphatic carbocycles. The van der Waals surface area contributed by atoms with Gasteiger partial charge in [0, 0.05) is 21.9 Å². The van der Waals surface area contributed by atoms with Crippen LogP contribution < -0.4 is 5.46 Å². The van der Waals surface area contributed by atoms with Gasteiger partial charge in [-0.15, -0.1) is 0 Å². The predicted octanol–water partition coefficient (Wildman–Crippen LogP) is 11.5. The minimum absolute atomic E-state index is 0.869. The van der Waals surface area contributed by atoms with Gasteiger partial charge in [-0.05, 0) is 81.8 Å². The standard InChI is InChI=1S/C45H37BO/c1-5-7-16-29(3)30(4)27-28-31(6-2)33-21-15-26-40-43(33)38-24-13-23-37(45(38)47-40)42-35-20-12-11-19-34(35)41(32-17-9-8-10-18-32)44-36(42)22-14-25-39(44)46/h5-28H,2,46H2,1,3-4H3/b7-5-,29-16+,30-27+,31-28+. The molecule has 0 atom stereocenters. The third kappa shape index (κ3) is 5.26. The number of allylic oxidation sites excluding steroid dienone is 9. The van der Waals surface area contributed by atoms with Crippen molar-refractivity contribution in [2.45, 2.75) is 20.8 Å². The van der Waals surface area contributed by atoms with Crippen LogP contribution in [-0.4, -0.2) is 7.85 Å². The van der Waals surface area contributed by atoms with Crippen molar-refractivity contribution in [1.29, 1.82) is 0 Å². The quantitative estimate of drug-likeness (QED) is 0.100. The maximum absolute atomic E-state index is 6.83. The molecule has 2 heteroatoms. The zero-order valence-electron chi connectivity index (χ0n) is 27.5. The molecule has 0 aliphatic rings. The Morgan fingerprint density at radius 3 is 2.06 bits per heavy atom. The van der Waals surface area contributed by atoms with Crippen molar-refractivity contribution in [3.63, 3.8) is 0 Å². The average molecular weight is 605 g/mol. The summed E-state index contributed by atoms with van der Waals surface area (Å²) in [5.41, 5.74) is 12.4. The Kier molecular flexibility index (Phi) is 8.10. The van der Waals surface area contributed by atoms with Crippen molar-refractivity contribution in [3.05, 3.63) is 169 Å². The van der Waals surface area contributed by atoms with Crippen LogP contribution in [0, 0.1) is 0 Å². The molecular weight excluding hydrogens is 567 g/mol. The van der Waals surface area contributed by atoms with E-state index in [-0.39, 0.29) is 0 Å². The van der Waals surface area contributed by atoms with Gasteiger partial charge in [-0.3, -0.25) is 0 Å². The lowest BCUT2D eigenvalue weighted by molar-refractivity contribution is 0.670. The van der Waals surface area contributed by atoms with Crippen LogP contribution in [0.2, 0.25) is 0 Å². The fourth-order valence-electron chi connectivity index (χ4n) is 6.87. The van der Waals surface area contributed by atoms with Crippen molar-refractivity contribution in [2.24, 2.45) is 0 Å². The molecule has 0 saturated heterocycles. The van der Waals surface area contributed by atoms with E-state index in [1.807, 2.05) is 19.1 Å². The molecule has 0 spiro atoms. The molecule has 0 saturated carbocycles. The van der Waals surface area contributed by atoms with Gasteiger partial charge >= 0.3 is 0 Å². The van der Waals surface area contributed by atoms with Crippen molar-refractivity contribution < 1.29 is 4.42 Å². The van der Waals surface area contributed by atoms with E-state index in [4.69, 9.17) is 4.42 Å². The molecular formula is C45H37BO. The van der Waals surface area contributed by atoms with E-state index in [0.29, 0.717) is 0 Å². The van der Waals surface area contributed by atoms with Crippen LogP contribution in [0.4, 0.5) is 0 Å². The Morgan fingerprint density at radius 1 is 0.638 bits per heavy atom. The number of rotatable bonds is 7. The maximum Gasteiger partial charge on any atom is 0.143 e. The number of para-hydroxylation sites is 1. The minimum atomic E-state index is 0.869. The second-order valence-electron chi connectivity index (χ2n) is 12.2. The lowest BCUT2D eigenvalue weighted by Crippen LogP contribution is -2.06.